The lowest BCUT2D eigenvalue weighted by atomic mass is 10.1. The second-order valence-electron chi connectivity index (χ2n) is 5.88. The summed E-state index contributed by atoms with van der Waals surface area (Å²) in [6.07, 6.45) is 0. The van der Waals surface area contributed by atoms with Gasteiger partial charge in [0.2, 0.25) is 10.0 Å². The maximum absolute atomic E-state index is 12.6. The van der Waals surface area contributed by atoms with Crippen molar-refractivity contribution >= 4 is 45.0 Å². The molecule has 0 aliphatic heterocycles. The number of halogens is 2. The summed E-state index contributed by atoms with van der Waals surface area (Å²) < 4.78 is 27.8. The van der Waals surface area contributed by atoms with Gasteiger partial charge in [-0.3, -0.25) is 0 Å². The van der Waals surface area contributed by atoms with Gasteiger partial charge in [-0.15, -0.1) is 0 Å². The normalized spacial score (nSPS) is 11.7. The lowest BCUT2D eigenvalue weighted by Gasteiger charge is -2.13. The fourth-order valence-electron chi connectivity index (χ4n) is 2.76. The molecule has 2 aromatic rings. The lowest BCUT2D eigenvalue weighted by molar-refractivity contribution is 0.583. The molecule has 0 heterocycles. The summed E-state index contributed by atoms with van der Waals surface area (Å²) in [5, 5.41) is 1.26. The quantitative estimate of drug-likeness (QED) is 0.634. The first-order valence-electron chi connectivity index (χ1n) is 7.80. The van der Waals surface area contributed by atoms with Crippen LogP contribution in [-0.2, 0) is 15.8 Å². The smallest absolute Gasteiger partial charge is 0.210 e. The van der Waals surface area contributed by atoms with Gasteiger partial charge in [0, 0.05) is 28.1 Å². The van der Waals surface area contributed by atoms with Crippen molar-refractivity contribution in [1.29, 1.82) is 0 Å². The molecule has 0 unspecified atom stereocenters. The molecule has 0 spiro atoms. The van der Waals surface area contributed by atoms with Gasteiger partial charge in [-0.1, -0.05) is 47.0 Å². The van der Waals surface area contributed by atoms with Crippen LogP contribution in [0.15, 0.2) is 35.2 Å². The van der Waals surface area contributed by atoms with Gasteiger partial charge in [-0.05, 0) is 49.6 Å². The number of aryl methyl sites for hydroxylation is 3. The van der Waals surface area contributed by atoms with Crippen molar-refractivity contribution in [2.24, 2.45) is 0 Å². The van der Waals surface area contributed by atoms with Crippen LogP contribution in [-0.4, -0.2) is 20.7 Å². The summed E-state index contributed by atoms with van der Waals surface area (Å²) in [5.74, 6) is 1.27. The molecule has 0 saturated carbocycles. The molecule has 0 amide bonds. The Hall–Kier alpha value is -0.720. The molecule has 0 radical (unpaired) electrons. The number of hydrogen-bond acceptors (Lipinski definition) is 3. The first kappa shape index (κ1) is 20.6. The van der Waals surface area contributed by atoms with Gasteiger partial charge >= 0.3 is 0 Å². The molecule has 2 aromatic carbocycles. The molecule has 0 bridgehead atoms. The average Bonchev–Trinajstić information content (AvgIpc) is 2.48. The Morgan fingerprint density at radius 3 is 2.16 bits per heavy atom. The minimum Gasteiger partial charge on any atom is -0.210 e. The average molecular weight is 418 g/mol. The molecule has 0 aliphatic rings. The van der Waals surface area contributed by atoms with Crippen molar-refractivity contribution in [2.45, 2.75) is 31.4 Å². The molecule has 0 atom stereocenters. The van der Waals surface area contributed by atoms with Gasteiger partial charge in [0.15, 0.2) is 0 Å². The van der Waals surface area contributed by atoms with Crippen LogP contribution in [0.4, 0.5) is 0 Å². The van der Waals surface area contributed by atoms with Crippen LogP contribution >= 0.6 is 35.0 Å². The number of thioether (sulfide) groups is 1. The maximum Gasteiger partial charge on any atom is 0.241 e. The van der Waals surface area contributed by atoms with E-state index in [0.29, 0.717) is 33.0 Å². The van der Waals surface area contributed by atoms with Crippen molar-refractivity contribution in [1.82, 2.24) is 4.72 Å². The van der Waals surface area contributed by atoms with E-state index in [-0.39, 0.29) is 0 Å². The van der Waals surface area contributed by atoms with E-state index in [1.807, 2.05) is 32.9 Å². The Bertz CT molecular complexity index is 824. The summed E-state index contributed by atoms with van der Waals surface area (Å²) >= 11 is 13.9. The minimum absolute atomic E-state index is 0.349. The van der Waals surface area contributed by atoms with Gasteiger partial charge < -0.3 is 0 Å². The van der Waals surface area contributed by atoms with Crippen molar-refractivity contribution < 1.29 is 8.42 Å². The van der Waals surface area contributed by atoms with Crippen LogP contribution in [0, 0.1) is 20.8 Å². The van der Waals surface area contributed by atoms with Crippen LogP contribution in [0.25, 0.3) is 0 Å². The molecule has 25 heavy (non-hydrogen) atoms. The van der Waals surface area contributed by atoms with Crippen LogP contribution < -0.4 is 4.72 Å². The Morgan fingerprint density at radius 2 is 1.60 bits per heavy atom. The second-order valence-corrected chi connectivity index (χ2v) is 9.50. The standard InChI is InChI=1S/C18H21Cl2NO2S2/c1-12-9-13(2)18(14(3)10-12)25(22,23)21-7-8-24-11-15-16(19)5-4-6-17(15)20/h4-6,9-10,21H,7-8,11H2,1-3H3. The third-order valence-corrected chi connectivity index (χ3v) is 7.18. The first-order chi connectivity index (χ1) is 11.7. The minimum atomic E-state index is -3.52. The number of hydrogen-bond donors (Lipinski definition) is 1. The maximum atomic E-state index is 12.6. The van der Waals surface area contributed by atoms with E-state index in [1.54, 1.807) is 30.0 Å². The van der Waals surface area contributed by atoms with Crippen molar-refractivity contribution in [3.8, 4) is 0 Å². The number of nitrogens with one attached hydrogen (secondary N) is 1. The predicted octanol–water partition coefficient (Wildman–Crippen LogP) is 5.13. The number of rotatable bonds is 7. The van der Waals surface area contributed by atoms with Gasteiger partial charge in [-0.25, -0.2) is 13.1 Å². The molecule has 136 valence electrons. The Balaban J connectivity index is 1.93. The fourth-order valence-corrected chi connectivity index (χ4v) is 5.96. The summed E-state index contributed by atoms with van der Waals surface area (Å²) in [6, 6.07) is 9.18. The molecule has 0 aromatic heterocycles. The van der Waals surface area contributed by atoms with Crippen LogP contribution in [0.2, 0.25) is 10.0 Å². The topological polar surface area (TPSA) is 46.2 Å². The van der Waals surface area contributed by atoms with Crippen molar-refractivity contribution in [2.75, 3.05) is 12.3 Å². The Kier molecular flexibility index (Phi) is 7.23. The van der Waals surface area contributed by atoms with Crippen LogP contribution in [0.1, 0.15) is 22.3 Å². The molecule has 0 saturated heterocycles. The highest BCUT2D eigenvalue weighted by molar-refractivity contribution is 7.98. The molecular formula is C18H21Cl2NO2S2. The van der Waals surface area contributed by atoms with Crippen LogP contribution in [0.3, 0.4) is 0 Å². The zero-order valence-electron chi connectivity index (χ0n) is 14.4. The highest BCUT2D eigenvalue weighted by atomic mass is 35.5. The highest BCUT2D eigenvalue weighted by Crippen LogP contribution is 2.28. The van der Waals surface area contributed by atoms with Gasteiger partial charge in [0.25, 0.3) is 0 Å². The van der Waals surface area contributed by atoms with E-state index in [2.05, 4.69) is 4.72 Å². The third kappa shape index (κ3) is 5.38. The van der Waals surface area contributed by atoms with Crippen molar-refractivity contribution in [3.63, 3.8) is 0 Å². The molecule has 0 aliphatic carbocycles. The van der Waals surface area contributed by atoms with E-state index in [0.717, 1.165) is 22.3 Å². The van der Waals surface area contributed by atoms with E-state index in [1.165, 1.54) is 0 Å². The molecule has 0 fully saturated rings. The molecular weight excluding hydrogens is 397 g/mol. The van der Waals surface area contributed by atoms with E-state index in [9.17, 15) is 8.42 Å². The Morgan fingerprint density at radius 1 is 1.04 bits per heavy atom. The third-order valence-electron chi connectivity index (χ3n) is 3.72. The zero-order valence-corrected chi connectivity index (χ0v) is 17.5. The largest absolute Gasteiger partial charge is 0.241 e. The molecule has 2 rings (SSSR count). The summed E-state index contributed by atoms with van der Waals surface area (Å²) in [5.41, 5.74) is 3.46. The number of benzene rings is 2. The predicted molar refractivity (Wildman–Crippen MR) is 108 cm³/mol. The zero-order chi connectivity index (χ0) is 18.6. The molecule has 1 N–H and O–H groups in total. The monoisotopic (exact) mass is 417 g/mol. The van der Waals surface area contributed by atoms with E-state index < -0.39 is 10.0 Å². The summed E-state index contributed by atoms with van der Waals surface area (Å²) in [6.45, 7) is 5.95. The van der Waals surface area contributed by atoms with Gasteiger partial charge in [0.05, 0.1) is 4.90 Å². The van der Waals surface area contributed by atoms with Crippen LogP contribution in [0.5, 0.6) is 0 Å². The molecule has 7 heteroatoms. The second kappa shape index (κ2) is 8.78. The van der Waals surface area contributed by atoms with E-state index >= 15 is 0 Å². The lowest BCUT2D eigenvalue weighted by Crippen LogP contribution is -2.27. The highest BCUT2D eigenvalue weighted by Gasteiger charge is 2.19. The van der Waals surface area contributed by atoms with Gasteiger partial charge in [0.1, 0.15) is 0 Å². The first-order valence-corrected chi connectivity index (χ1v) is 11.2. The summed E-state index contributed by atoms with van der Waals surface area (Å²) in [4.78, 5) is 0.372. The summed E-state index contributed by atoms with van der Waals surface area (Å²) in [7, 11) is -3.52. The SMILES string of the molecule is Cc1cc(C)c(S(=O)(=O)NCCSCc2c(Cl)cccc2Cl)c(C)c1. The van der Waals surface area contributed by atoms with Gasteiger partial charge in [-0.2, -0.15) is 11.8 Å². The Labute approximate surface area is 164 Å². The van der Waals surface area contributed by atoms with E-state index in [4.69, 9.17) is 23.2 Å². The fraction of sp³-hybridized carbons (Fsp3) is 0.333. The molecule has 3 nitrogen and oxygen atoms in total. The van der Waals surface area contributed by atoms with Crippen molar-refractivity contribution in [3.05, 3.63) is 62.6 Å². The number of sulfonamides is 1.